The van der Waals surface area contributed by atoms with Gasteiger partial charge in [0.1, 0.15) is 6.29 Å². The van der Waals surface area contributed by atoms with Gasteiger partial charge in [0.2, 0.25) is 0 Å². The number of alkyl halides is 3. The summed E-state index contributed by atoms with van der Waals surface area (Å²) in [7, 11) is 0. The van der Waals surface area contributed by atoms with Crippen molar-refractivity contribution in [2.45, 2.75) is 13.1 Å². The van der Waals surface area contributed by atoms with Crippen LogP contribution in [0.3, 0.4) is 0 Å². The zero-order chi connectivity index (χ0) is 14.0. The molecule has 0 unspecified atom stereocenters. The number of aldehydes is 1. The molecule has 19 heavy (non-hydrogen) atoms. The van der Waals surface area contributed by atoms with Crippen LogP contribution in [-0.2, 0) is 6.18 Å². The van der Waals surface area contributed by atoms with E-state index in [2.05, 4.69) is 0 Å². The number of aryl methyl sites for hydroxylation is 1. The molecular weight excluding hydrogens is 253 g/mol. The third kappa shape index (κ3) is 3.02. The number of carbonyl (C=O) groups is 1. The first kappa shape index (κ1) is 13.3. The van der Waals surface area contributed by atoms with E-state index in [-0.39, 0.29) is 5.56 Å². The monoisotopic (exact) mass is 264 g/mol. The molecule has 0 saturated heterocycles. The zero-order valence-corrected chi connectivity index (χ0v) is 10.2. The van der Waals surface area contributed by atoms with Gasteiger partial charge in [-0.3, -0.25) is 4.79 Å². The van der Waals surface area contributed by atoms with Crippen molar-refractivity contribution in [2.24, 2.45) is 0 Å². The lowest BCUT2D eigenvalue weighted by Crippen LogP contribution is -2.06. The molecule has 0 atom stereocenters. The third-order valence-corrected chi connectivity index (χ3v) is 2.77. The smallest absolute Gasteiger partial charge is 0.298 e. The van der Waals surface area contributed by atoms with Crippen molar-refractivity contribution in [2.75, 3.05) is 0 Å². The first-order valence-electron chi connectivity index (χ1n) is 5.64. The first-order chi connectivity index (χ1) is 8.90. The van der Waals surface area contributed by atoms with Gasteiger partial charge in [-0.1, -0.05) is 29.8 Å². The van der Waals surface area contributed by atoms with E-state index in [1.807, 2.05) is 13.0 Å². The Labute approximate surface area is 108 Å². The second-order valence-corrected chi connectivity index (χ2v) is 4.33. The predicted octanol–water partition coefficient (Wildman–Crippen LogP) is 4.49. The van der Waals surface area contributed by atoms with E-state index in [1.54, 1.807) is 18.2 Å². The highest BCUT2D eigenvalue weighted by molar-refractivity contribution is 5.79. The number of halogens is 3. The van der Waals surface area contributed by atoms with Crippen LogP contribution in [0.5, 0.6) is 0 Å². The van der Waals surface area contributed by atoms with Gasteiger partial charge in [-0.25, -0.2) is 0 Å². The van der Waals surface area contributed by atoms with Crippen molar-refractivity contribution in [1.29, 1.82) is 0 Å². The largest absolute Gasteiger partial charge is 0.416 e. The van der Waals surface area contributed by atoms with E-state index < -0.39 is 11.7 Å². The predicted molar refractivity (Wildman–Crippen MR) is 67.0 cm³/mol. The molecule has 0 amide bonds. The van der Waals surface area contributed by atoms with Crippen LogP contribution in [0.15, 0.2) is 42.5 Å². The summed E-state index contributed by atoms with van der Waals surface area (Å²) >= 11 is 0. The summed E-state index contributed by atoms with van der Waals surface area (Å²) < 4.78 is 38.3. The fraction of sp³-hybridized carbons (Fsp3) is 0.133. The van der Waals surface area contributed by atoms with Crippen molar-refractivity contribution < 1.29 is 18.0 Å². The van der Waals surface area contributed by atoms with Crippen LogP contribution in [0, 0.1) is 6.92 Å². The van der Waals surface area contributed by atoms with Gasteiger partial charge in [0.15, 0.2) is 0 Å². The Hall–Kier alpha value is -2.10. The Balaban J connectivity index is 2.60. The highest BCUT2D eigenvalue weighted by atomic mass is 19.4. The van der Waals surface area contributed by atoms with Crippen LogP contribution in [0.25, 0.3) is 11.1 Å². The minimum Gasteiger partial charge on any atom is -0.298 e. The summed E-state index contributed by atoms with van der Waals surface area (Å²) in [5.41, 5.74) is 1.21. The van der Waals surface area contributed by atoms with Gasteiger partial charge in [0.05, 0.1) is 5.56 Å². The van der Waals surface area contributed by atoms with Crippen LogP contribution in [0.2, 0.25) is 0 Å². The molecule has 0 aliphatic carbocycles. The van der Waals surface area contributed by atoms with Gasteiger partial charge in [-0.15, -0.1) is 0 Å². The lowest BCUT2D eigenvalue weighted by Gasteiger charge is -2.10. The molecular formula is C15H11F3O. The van der Waals surface area contributed by atoms with E-state index in [9.17, 15) is 18.0 Å². The molecule has 2 aromatic carbocycles. The minimum atomic E-state index is -4.46. The molecule has 0 N–H and O–H groups in total. The van der Waals surface area contributed by atoms with Crippen LogP contribution in [0.1, 0.15) is 21.5 Å². The van der Waals surface area contributed by atoms with Gasteiger partial charge in [0, 0.05) is 5.56 Å². The molecule has 0 radical (unpaired) electrons. The van der Waals surface area contributed by atoms with Crippen LogP contribution < -0.4 is 0 Å². The summed E-state index contributed by atoms with van der Waals surface area (Å²) in [5.74, 6) is 0. The lowest BCUT2D eigenvalue weighted by atomic mass is 9.99. The molecule has 0 aliphatic rings. The normalized spacial score (nSPS) is 11.4. The van der Waals surface area contributed by atoms with Gasteiger partial charge >= 0.3 is 6.18 Å². The van der Waals surface area contributed by atoms with Gasteiger partial charge in [-0.05, 0) is 36.2 Å². The maximum atomic E-state index is 12.8. The van der Waals surface area contributed by atoms with E-state index >= 15 is 0 Å². The average molecular weight is 264 g/mol. The Morgan fingerprint density at radius 2 is 1.74 bits per heavy atom. The highest BCUT2D eigenvalue weighted by Gasteiger charge is 2.31. The number of hydrogen-bond acceptors (Lipinski definition) is 1. The highest BCUT2D eigenvalue weighted by Crippen LogP contribution is 2.33. The van der Waals surface area contributed by atoms with E-state index in [1.165, 1.54) is 6.07 Å². The van der Waals surface area contributed by atoms with Crippen molar-refractivity contribution >= 4 is 6.29 Å². The quantitative estimate of drug-likeness (QED) is 0.730. The molecule has 1 nitrogen and oxygen atoms in total. The van der Waals surface area contributed by atoms with Crippen molar-refractivity contribution in [3.8, 4) is 11.1 Å². The Morgan fingerprint density at radius 1 is 1.00 bits per heavy atom. The van der Waals surface area contributed by atoms with E-state index in [0.29, 0.717) is 17.4 Å². The molecule has 2 aromatic rings. The molecule has 2 rings (SSSR count). The second kappa shape index (κ2) is 4.88. The SMILES string of the molecule is Cc1cccc(-c2cc(C=O)cc(C(F)(F)F)c2)c1. The molecule has 0 heterocycles. The molecule has 0 saturated carbocycles. The molecule has 0 fully saturated rings. The average Bonchev–Trinajstić information content (AvgIpc) is 2.37. The maximum Gasteiger partial charge on any atom is 0.416 e. The molecule has 0 aliphatic heterocycles. The minimum absolute atomic E-state index is 0.0198. The van der Waals surface area contributed by atoms with Crippen LogP contribution >= 0.6 is 0 Å². The third-order valence-electron chi connectivity index (χ3n) is 2.77. The summed E-state index contributed by atoms with van der Waals surface area (Å²) in [4.78, 5) is 10.8. The lowest BCUT2D eigenvalue weighted by molar-refractivity contribution is -0.137. The molecule has 0 bridgehead atoms. The number of rotatable bonds is 2. The second-order valence-electron chi connectivity index (χ2n) is 4.33. The van der Waals surface area contributed by atoms with Gasteiger partial charge < -0.3 is 0 Å². The van der Waals surface area contributed by atoms with E-state index in [0.717, 1.165) is 17.7 Å². The number of carbonyl (C=O) groups excluding carboxylic acids is 1. The Bertz CT molecular complexity index is 615. The summed E-state index contributed by atoms with van der Waals surface area (Å²) in [6, 6.07) is 10.5. The van der Waals surface area contributed by atoms with Crippen LogP contribution in [-0.4, -0.2) is 6.29 Å². The fourth-order valence-corrected chi connectivity index (χ4v) is 1.87. The molecule has 98 valence electrons. The standard InChI is InChI=1S/C15H11F3O/c1-10-3-2-4-12(5-10)13-6-11(9-19)7-14(8-13)15(16,17)18/h2-9H,1H3. The molecule has 0 aromatic heterocycles. The van der Waals surface area contributed by atoms with Gasteiger partial charge in [0.25, 0.3) is 0 Å². The van der Waals surface area contributed by atoms with Crippen molar-refractivity contribution in [3.63, 3.8) is 0 Å². The van der Waals surface area contributed by atoms with E-state index in [4.69, 9.17) is 0 Å². The Kier molecular flexibility index (Phi) is 3.42. The summed E-state index contributed by atoms with van der Waals surface area (Å²) in [5, 5.41) is 0. The van der Waals surface area contributed by atoms with Crippen molar-refractivity contribution in [1.82, 2.24) is 0 Å². The zero-order valence-electron chi connectivity index (χ0n) is 10.2. The number of hydrogen-bond donors (Lipinski definition) is 0. The fourth-order valence-electron chi connectivity index (χ4n) is 1.87. The van der Waals surface area contributed by atoms with Gasteiger partial charge in [-0.2, -0.15) is 13.2 Å². The number of benzene rings is 2. The summed E-state index contributed by atoms with van der Waals surface area (Å²) in [6.45, 7) is 1.86. The first-order valence-corrected chi connectivity index (χ1v) is 5.64. The molecule has 4 heteroatoms. The molecule has 0 spiro atoms. The topological polar surface area (TPSA) is 17.1 Å². The van der Waals surface area contributed by atoms with Crippen LogP contribution in [0.4, 0.5) is 13.2 Å². The van der Waals surface area contributed by atoms with Crippen molar-refractivity contribution in [3.05, 3.63) is 59.2 Å². The Morgan fingerprint density at radius 3 is 2.32 bits per heavy atom. The maximum absolute atomic E-state index is 12.8. The summed E-state index contributed by atoms with van der Waals surface area (Å²) in [6.07, 6.45) is -4.04.